The van der Waals surface area contributed by atoms with Crippen LogP contribution in [0.4, 0.5) is 0 Å². The normalized spacial score (nSPS) is 13.4. The summed E-state index contributed by atoms with van der Waals surface area (Å²) in [6.07, 6.45) is 2.90. The van der Waals surface area contributed by atoms with Crippen molar-refractivity contribution < 1.29 is 9.59 Å². The van der Waals surface area contributed by atoms with Gasteiger partial charge in [-0.2, -0.15) is 10.2 Å². The highest BCUT2D eigenvalue weighted by Crippen LogP contribution is 2.23. The molecular weight excluding hydrogens is 502 g/mol. The Morgan fingerprint density at radius 1 is 0.774 bits per heavy atom. The molecule has 2 N–H and O–H groups in total. The van der Waals surface area contributed by atoms with Crippen LogP contribution in [0.2, 0.25) is 20.1 Å². The second-order valence-corrected chi connectivity index (χ2v) is 9.55. The smallest absolute Gasteiger partial charge is 0.252 e. The highest BCUT2D eigenvalue weighted by molar-refractivity contribution is 8.01. The predicted molar refractivity (Wildman–Crippen MR) is 131 cm³/mol. The lowest BCUT2D eigenvalue weighted by molar-refractivity contribution is -0.120. The summed E-state index contributed by atoms with van der Waals surface area (Å²) in [4.78, 5) is 24.4. The molecule has 0 aliphatic rings. The number of carbonyl (C=O) groups excluding carboxylic acids is 2. The predicted octanol–water partition coefficient (Wildman–Crippen LogP) is 5.41. The number of amides is 2. The SMILES string of the molecule is CC(SC(C)C(=O)N/N=C/c1ccc(Cl)c(Cl)c1)C(=O)N/N=C/c1ccc(Cl)c(Cl)c1. The third kappa shape index (κ3) is 8.35. The van der Waals surface area contributed by atoms with E-state index in [9.17, 15) is 9.59 Å². The summed E-state index contributed by atoms with van der Waals surface area (Å²) >= 11 is 24.7. The number of benzene rings is 2. The molecule has 0 heterocycles. The van der Waals surface area contributed by atoms with Gasteiger partial charge in [-0.3, -0.25) is 9.59 Å². The molecular formula is C20H18Cl4N4O2S. The third-order valence-corrected chi connectivity index (χ3v) is 6.53. The van der Waals surface area contributed by atoms with Gasteiger partial charge in [-0.1, -0.05) is 58.5 Å². The summed E-state index contributed by atoms with van der Waals surface area (Å²) in [5.74, 6) is -0.694. The van der Waals surface area contributed by atoms with E-state index in [0.29, 0.717) is 31.2 Å². The number of hydrazone groups is 2. The summed E-state index contributed by atoms with van der Waals surface area (Å²) < 4.78 is 0. The van der Waals surface area contributed by atoms with Crippen LogP contribution in [-0.4, -0.2) is 34.7 Å². The largest absolute Gasteiger partial charge is 0.272 e. The van der Waals surface area contributed by atoms with Gasteiger partial charge in [-0.05, 0) is 49.2 Å². The fourth-order valence-electron chi connectivity index (χ4n) is 2.14. The average Bonchev–Trinajstić information content (AvgIpc) is 2.72. The molecule has 0 radical (unpaired) electrons. The van der Waals surface area contributed by atoms with Crippen LogP contribution in [0, 0.1) is 0 Å². The van der Waals surface area contributed by atoms with Crippen molar-refractivity contribution in [2.75, 3.05) is 0 Å². The quantitative estimate of drug-likeness (QED) is 0.361. The first-order valence-electron chi connectivity index (χ1n) is 8.88. The molecule has 0 saturated carbocycles. The van der Waals surface area contributed by atoms with E-state index in [1.165, 1.54) is 24.2 Å². The molecule has 2 atom stereocenters. The average molecular weight is 520 g/mol. The van der Waals surface area contributed by atoms with Gasteiger partial charge in [0.15, 0.2) is 0 Å². The Hall–Kier alpha value is -1.77. The van der Waals surface area contributed by atoms with E-state index in [-0.39, 0.29) is 11.8 Å². The Morgan fingerprint density at radius 2 is 1.16 bits per heavy atom. The van der Waals surface area contributed by atoms with Gasteiger partial charge in [0, 0.05) is 0 Å². The van der Waals surface area contributed by atoms with Gasteiger partial charge in [-0.15, -0.1) is 11.8 Å². The molecule has 31 heavy (non-hydrogen) atoms. The van der Waals surface area contributed by atoms with E-state index in [0.717, 1.165) is 0 Å². The van der Waals surface area contributed by atoms with Crippen molar-refractivity contribution in [2.24, 2.45) is 10.2 Å². The molecule has 0 spiro atoms. The molecule has 0 aliphatic heterocycles. The number of hydrogen-bond donors (Lipinski definition) is 2. The Labute approximate surface area is 204 Å². The Balaban J connectivity index is 1.80. The zero-order chi connectivity index (χ0) is 23.0. The summed E-state index contributed by atoms with van der Waals surface area (Å²) in [6.45, 7) is 3.36. The second kappa shape index (κ2) is 12.3. The number of thioether (sulfide) groups is 1. The van der Waals surface area contributed by atoms with Gasteiger partial charge in [0.25, 0.3) is 11.8 Å². The van der Waals surface area contributed by atoms with E-state index in [4.69, 9.17) is 46.4 Å². The third-order valence-electron chi connectivity index (χ3n) is 3.81. The molecule has 2 unspecified atom stereocenters. The lowest BCUT2D eigenvalue weighted by Crippen LogP contribution is -2.33. The maximum absolute atomic E-state index is 12.2. The number of nitrogens with zero attached hydrogens (tertiary/aromatic N) is 2. The molecule has 0 saturated heterocycles. The zero-order valence-electron chi connectivity index (χ0n) is 16.4. The van der Waals surface area contributed by atoms with Gasteiger partial charge in [-0.25, -0.2) is 10.9 Å². The van der Waals surface area contributed by atoms with Gasteiger partial charge in [0.2, 0.25) is 0 Å². The van der Waals surface area contributed by atoms with Crippen LogP contribution in [0.25, 0.3) is 0 Å². The van der Waals surface area contributed by atoms with Crippen LogP contribution in [0.1, 0.15) is 25.0 Å². The van der Waals surface area contributed by atoms with E-state index in [1.54, 1.807) is 50.2 Å². The second-order valence-electron chi connectivity index (χ2n) is 6.24. The van der Waals surface area contributed by atoms with Crippen LogP contribution in [0.15, 0.2) is 46.6 Å². The molecule has 0 fully saturated rings. The van der Waals surface area contributed by atoms with Gasteiger partial charge in [0.05, 0.1) is 43.0 Å². The maximum atomic E-state index is 12.2. The molecule has 11 heteroatoms. The summed E-state index contributed by atoms with van der Waals surface area (Å²) in [6, 6.07) is 9.96. The van der Waals surface area contributed by atoms with Crippen molar-refractivity contribution in [3.63, 3.8) is 0 Å². The van der Waals surface area contributed by atoms with Crippen molar-refractivity contribution in [1.29, 1.82) is 0 Å². The van der Waals surface area contributed by atoms with Crippen LogP contribution < -0.4 is 10.9 Å². The molecule has 0 aromatic heterocycles. The first kappa shape index (κ1) is 25.5. The van der Waals surface area contributed by atoms with Crippen LogP contribution in [-0.2, 0) is 9.59 Å². The fourth-order valence-corrected chi connectivity index (χ4v) is 3.72. The number of carbonyl (C=O) groups is 2. The summed E-state index contributed by atoms with van der Waals surface area (Å²) in [7, 11) is 0. The Morgan fingerprint density at radius 3 is 1.52 bits per heavy atom. The minimum Gasteiger partial charge on any atom is -0.272 e. The number of halogens is 4. The molecule has 2 rings (SSSR count). The van der Waals surface area contributed by atoms with Crippen molar-refractivity contribution >= 4 is 82.4 Å². The lowest BCUT2D eigenvalue weighted by atomic mass is 10.2. The summed E-state index contributed by atoms with van der Waals surface area (Å²) in [5.41, 5.74) is 6.23. The zero-order valence-corrected chi connectivity index (χ0v) is 20.2. The van der Waals surface area contributed by atoms with Crippen LogP contribution >= 0.6 is 58.2 Å². The van der Waals surface area contributed by atoms with E-state index < -0.39 is 10.5 Å². The first-order valence-corrected chi connectivity index (χ1v) is 11.3. The minimum atomic E-state index is -0.522. The molecule has 0 aliphatic carbocycles. The Kier molecular flexibility index (Phi) is 10.1. The lowest BCUT2D eigenvalue weighted by Gasteiger charge is -2.14. The highest BCUT2D eigenvalue weighted by Gasteiger charge is 2.21. The molecule has 6 nitrogen and oxygen atoms in total. The molecule has 0 bridgehead atoms. The van der Waals surface area contributed by atoms with E-state index in [2.05, 4.69) is 21.1 Å². The minimum absolute atomic E-state index is 0.347. The van der Waals surface area contributed by atoms with Crippen LogP contribution in [0.5, 0.6) is 0 Å². The number of rotatable bonds is 8. The van der Waals surface area contributed by atoms with Gasteiger partial charge in [0.1, 0.15) is 0 Å². The molecule has 2 aromatic rings. The monoisotopic (exact) mass is 518 g/mol. The summed E-state index contributed by atoms with van der Waals surface area (Å²) in [5, 5.41) is 8.40. The standard InChI is InChI=1S/C20H18Cl4N4O2S/c1-11(19(29)27-25-9-13-3-5-15(21)17(23)7-13)31-12(2)20(30)28-26-10-14-4-6-16(22)18(24)8-14/h3-12H,1-2H3,(H,27,29)(H,28,30)/b25-9+,26-10+. The van der Waals surface area contributed by atoms with Gasteiger partial charge >= 0.3 is 0 Å². The van der Waals surface area contributed by atoms with Crippen LogP contribution in [0.3, 0.4) is 0 Å². The molecule has 2 aromatic carbocycles. The fraction of sp³-hybridized carbons (Fsp3) is 0.200. The first-order chi connectivity index (χ1) is 14.7. The van der Waals surface area contributed by atoms with Crippen molar-refractivity contribution in [1.82, 2.24) is 10.9 Å². The van der Waals surface area contributed by atoms with Gasteiger partial charge < -0.3 is 0 Å². The molecule has 164 valence electrons. The van der Waals surface area contributed by atoms with E-state index >= 15 is 0 Å². The maximum Gasteiger partial charge on any atom is 0.252 e. The number of hydrogen-bond acceptors (Lipinski definition) is 5. The highest BCUT2D eigenvalue weighted by atomic mass is 35.5. The molecule has 2 amide bonds. The van der Waals surface area contributed by atoms with Crippen molar-refractivity contribution in [3.8, 4) is 0 Å². The topological polar surface area (TPSA) is 82.9 Å². The van der Waals surface area contributed by atoms with E-state index in [1.807, 2.05) is 0 Å². The van der Waals surface area contributed by atoms with Crippen molar-refractivity contribution in [3.05, 3.63) is 67.6 Å². The number of nitrogens with one attached hydrogen (secondary N) is 2. The van der Waals surface area contributed by atoms with Crippen molar-refractivity contribution in [2.45, 2.75) is 24.3 Å². The Bertz CT molecular complexity index is 937.